The summed E-state index contributed by atoms with van der Waals surface area (Å²) in [7, 11) is 1.64. The van der Waals surface area contributed by atoms with Crippen LogP contribution >= 0.6 is 11.3 Å². The molecule has 2 aromatic heterocycles. The van der Waals surface area contributed by atoms with Crippen LogP contribution in [-0.4, -0.2) is 46.2 Å². The van der Waals surface area contributed by atoms with Crippen molar-refractivity contribution in [3.8, 4) is 0 Å². The molecule has 0 bridgehead atoms. The average molecular weight is 364 g/mol. The SMILES string of the molecule is COCCc1noc(C2CCCCN2C(=O)Cc2nc(C)sc2C)n1. The van der Waals surface area contributed by atoms with E-state index in [0.717, 1.165) is 41.4 Å². The van der Waals surface area contributed by atoms with Crippen LogP contribution in [0.15, 0.2) is 4.52 Å². The largest absolute Gasteiger partial charge is 0.384 e. The first-order valence-corrected chi connectivity index (χ1v) is 9.44. The molecule has 1 aliphatic heterocycles. The van der Waals surface area contributed by atoms with Crippen molar-refractivity contribution in [3.63, 3.8) is 0 Å². The maximum atomic E-state index is 12.9. The second kappa shape index (κ2) is 8.05. The molecule has 3 heterocycles. The van der Waals surface area contributed by atoms with Gasteiger partial charge in [0.15, 0.2) is 5.82 Å². The van der Waals surface area contributed by atoms with Crippen LogP contribution in [-0.2, 0) is 22.4 Å². The number of hydrogen-bond acceptors (Lipinski definition) is 7. The minimum absolute atomic E-state index is 0.0785. The number of thiazole rings is 1. The first-order chi connectivity index (χ1) is 12.1. The van der Waals surface area contributed by atoms with E-state index >= 15 is 0 Å². The number of likely N-dealkylation sites (tertiary alicyclic amines) is 1. The van der Waals surface area contributed by atoms with Gasteiger partial charge in [0.1, 0.15) is 6.04 Å². The molecular formula is C17H24N4O3S. The van der Waals surface area contributed by atoms with E-state index in [2.05, 4.69) is 15.1 Å². The Labute approximate surface area is 151 Å². The van der Waals surface area contributed by atoms with Crippen LogP contribution in [0.4, 0.5) is 0 Å². The van der Waals surface area contributed by atoms with Gasteiger partial charge >= 0.3 is 0 Å². The molecule has 7 nitrogen and oxygen atoms in total. The van der Waals surface area contributed by atoms with Crippen molar-refractivity contribution in [1.82, 2.24) is 20.0 Å². The van der Waals surface area contributed by atoms with Gasteiger partial charge in [-0.2, -0.15) is 4.98 Å². The van der Waals surface area contributed by atoms with Crippen molar-refractivity contribution < 1.29 is 14.1 Å². The number of ether oxygens (including phenoxy) is 1. The number of piperidine rings is 1. The lowest BCUT2D eigenvalue weighted by Crippen LogP contribution is -2.39. The third-order valence-electron chi connectivity index (χ3n) is 4.44. The molecular weight excluding hydrogens is 340 g/mol. The molecule has 0 radical (unpaired) electrons. The quantitative estimate of drug-likeness (QED) is 0.784. The summed E-state index contributed by atoms with van der Waals surface area (Å²) in [5.74, 6) is 1.24. The molecule has 8 heteroatoms. The molecule has 136 valence electrons. The molecule has 0 aromatic carbocycles. The standard InChI is InChI=1S/C17H24N4O3S/c1-11-13(18-12(2)25-11)10-16(22)21-8-5-4-6-14(21)17-19-15(20-24-17)7-9-23-3/h14H,4-10H2,1-3H3. The lowest BCUT2D eigenvalue weighted by atomic mass is 10.0. The normalized spacial score (nSPS) is 17.9. The number of methoxy groups -OCH3 is 1. The highest BCUT2D eigenvalue weighted by Gasteiger charge is 2.32. The highest BCUT2D eigenvalue weighted by molar-refractivity contribution is 7.11. The first kappa shape index (κ1) is 18.0. The minimum atomic E-state index is -0.134. The monoisotopic (exact) mass is 364 g/mol. The van der Waals surface area contributed by atoms with Gasteiger partial charge in [-0.1, -0.05) is 5.16 Å². The van der Waals surface area contributed by atoms with Crippen molar-refractivity contribution in [3.05, 3.63) is 27.3 Å². The van der Waals surface area contributed by atoms with Crippen molar-refractivity contribution in [1.29, 1.82) is 0 Å². The third kappa shape index (κ3) is 4.24. The zero-order valence-corrected chi connectivity index (χ0v) is 15.8. The molecule has 1 atom stereocenters. The van der Waals surface area contributed by atoms with Crippen LogP contribution in [0.5, 0.6) is 0 Å². The van der Waals surface area contributed by atoms with Crippen molar-refractivity contribution in [2.45, 2.75) is 52.0 Å². The van der Waals surface area contributed by atoms with Crippen molar-refractivity contribution in [2.75, 3.05) is 20.3 Å². The van der Waals surface area contributed by atoms with Crippen LogP contribution in [0.25, 0.3) is 0 Å². The highest BCUT2D eigenvalue weighted by Crippen LogP contribution is 2.31. The van der Waals surface area contributed by atoms with Gasteiger partial charge in [0.2, 0.25) is 11.8 Å². The van der Waals surface area contributed by atoms with E-state index in [1.54, 1.807) is 18.4 Å². The number of carbonyl (C=O) groups is 1. The fourth-order valence-corrected chi connectivity index (χ4v) is 4.00. The summed E-state index contributed by atoms with van der Waals surface area (Å²) in [6, 6.07) is -0.134. The predicted octanol–water partition coefficient (Wildman–Crippen LogP) is 2.63. The summed E-state index contributed by atoms with van der Waals surface area (Å²) in [6.07, 6.45) is 3.85. The average Bonchev–Trinajstić information content (AvgIpc) is 3.19. The first-order valence-electron chi connectivity index (χ1n) is 8.62. The molecule has 1 unspecified atom stereocenters. The van der Waals surface area contributed by atoms with Gasteiger partial charge in [0.25, 0.3) is 0 Å². The van der Waals surface area contributed by atoms with Crippen molar-refractivity contribution >= 4 is 17.2 Å². The van der Waals surface area contributed by atoms with Crippen molar-refractivity contribution in [2.24, 2.45) is 0 Å². The maximum Gasteiger partial charge on any atom is 0.249 e. The number of aromatic nitrogens is 3. The summed E-state index contributed by atoms with van der Waals surface area (Å²) >= 11 is 1.63. The summed E-state index contributed by atoms with van der Waals surface area (Å²) < 4.78 is 10.5. The Hall–Kier alpha value is -1.80. The molecule has 1 amide bonds. The van der Waals surface area contributed by atoms with E-state index in [1.165, 1.54) is 0 Å². The Bertz CT molecular complexity index is 727. The summed E-state index contributed by atoms with van der Waals surface area (Å²) in [5, 5.41) is 5.00. The third-order valence-corrected chi connectivity index (χ3v) is 5.37. The topological polar surface area (TPSA) is 81.4 Å². The Kier molecular flexibility index (Phi) is 5.80. The van der Waals surface area contributed by atoms with Crippen LogP contribution in [0.1, 0.15) is 52.6 Å². The Balaban J connectivity index is 1.72. The van der Waals surface area contributed by atoms with Gasteiger partial charge in [-0.3, -0.25) is 4.79 Å². The Morgan fingerprint density at radius 2 is 2.20 bits per heavy atom. The molecule has 2 aromatic rings. The van der Waals surface area contributed by atoms with Gasteiger partial charge in [0.05, 0.1) is 23.7 Å². The summed E-state index contributed by atoms with van der Waals surface area (Å²) in [5.41, 5.74) is 0.878. The van der Waals surface area contributed by atoms with E-state index < -0.39 is 0 Å². The second-order valence-corrected chi connectivity index (χ2v) is 7.71. The Morgan fingerprint density at radius 3 is 2.92 bits per heavy atom. The van der Waals surface area contributed by atoms with E-state index in [9.17, 15) is 4.79 Å². The minimum Gasteiger partial charge on any atom is -0.384 e. The molecule has 0 spiro atoms. The summed E-state index contributed by atoms with van der Waals surface area (Å²) in [4.78, 5) is 24.8. The van der Waals surface area contributed by atoms with Gasteiger partial charge in [-0.25, -0.2) is 4.98 Å². The molecule has 25 heavy (non-hydrogen) atoms. The lowest BCUT2D eigenvalue weighted by Gasteiger charge is -2.33. The van der Waals surface area contributed by atoms with Crippen LogP contribution in [0, 0.1) is 13.8 Å². The Morgan fingerprint density at radius 1 is 1.36 bits per heavy atom. The molecule has 0 aliphatic carbocycles. The number of hydrogen-bond donors (Lipinski definition) is 0. The zero-order chi connectivity index (χ0) is 17.8. The fourth-order valence-electron chi connectivity index (χ4n) is 3.17. The van der Waals surface area contributed by atoms with E-state index in [1.807, 2.05) is 18.7 Å². The highest BCUT2D eigenvalue weighted by atomic mass is 32.1. The molecule has 1 saturated heterocycles. The number of aryl methyl sites for hydroxylation is 2. The van der Waals surface area contributed by atoms with Gasteiger partial charge in [0, 0.05) is 25.0 Å². The lowest BCUT2D eigenvalue weighted by molar-refractivity contribution is -0.135. The fraction of sp³-hybridized carbons (Fsp3) is 0.647. The van der Waals surface area contributed by atoms with Gasteiger partial charge in [-0.15, -0.1) is 11.3 Å². The number of nitrogens with zero attached hydrogens (tertiary/aromatic N) is 4. The molecule has 3 rings (SSSR count). The second-order valence-electron chi connectivity index (χ2n) is 6.30. The van der Waals surface area contributed by atoms with E-state index in [-0.39, 0.29) is 11.9 Å². The zero-order valence-electron chi connectivity index (χ0n) is 14.9. The van der Waals surface area contributed by atoms with Crippen LogP contribution in [0.3, 0.4) is 0 Å². The number of rotatable bonds is 6. The molecule has 1 aliphatic rings. The van der Waals surface area contributed by atoms with E-state index in [0.29, 0.717) is 31.2 Å². The number of carbonyl (C=O) groups excluding carboxylic acids is 1. The van der Waals surface area contributed by atoms with Crippen LogP contribution < -0.4 is 0 Å². The number of amides is 1. The van der Waals surface area contributed by atoms with Gasteiger partial charge in [-0.05, 0) is 33.1 Å². The summed E-state index contributed by atoms with van der Waals surface area (Å²) in [6.45, 7) is 5.26. The van der Waals surface area contributed by atoms with Gasteiger partial charge < -0.3 is 14.2 Å². The van der Waals surface area contributed by atoms with Crippen LogP contribution in [0.2, 0.25) is 0 Å². The molecule has 0 saturated carbocycles. The smallest absolute Gasteiger partial charge is 0.249 e. The molecule has 1 fully saturated rings. The van der Waals surface area contributed by atoms with E-state index in [4.69, 9.17) is 9.26 Å². The molecule has 0 N–H and O–H groups in total. The predicted molar refractivity (Wildman–Crippen MR) is 93.5 cm³/mol. The maximum absolute atomic E-state index is 12.9.